The van der Waals surface area contributed by atoms with E-state index in [4.69, 9.17) is 9.72 Å². The zero-order chi connectivity index (χ0) is 20.2. The van der Waals surface area contributed by atoms with E-state index in [9.17, 15) is 9.59 Å². The summed E-state index contributed by atoms with van der Waals surface area (Å²) in [6.45, 7) is 1.12. The number of rotatable bonds is 4. The van der Waals surface area contributed by atoms with Gasteiger partial charge in [0.15, 0.2) is 0 Å². The molecule has 2 aromatic carbocycles. The summed E-state index contributed by atoms with van der Waals surface area (Å²) >= 11 is 0. The van der Waals surface area contributed by atoms with E-state index >= 15 is 0 Å². The van der Waals surface area contributed by atoms with Crippen molar-refractivity contribution >= 4 is 16.8 Å². The van der Waals surface area contributed by atoms with Crippen LogP contribution < -0.4 is 15.6 Å². The molecule has 1 amide bonds. The first-order chi connectivity index (χ1) is 14.2. The molecule has 0 spiro atoms. The Morgan fingerprint density at radius 2 is 2.00 bits per heavy atom. The third kappa shape index (κ3) is 4.16. The summed E-state index contributed by atoms with van der Waals surface area (Å²) in [5, 5.41) is 3.49. The summed E-state index contributed by atoms with van der Waals surface area (Å²) in [5.41, 5.74) is 2.05. The average molecular weight is 391 g/mol. The van der Waals surface area contributed by atoms with Crippen LogP contribution in [0.4, 0.5) is 0 Å². The first kappa shape index (κ1) is 19.2. The second-order valence-electron chi connectivity index (χ2n) is 7.42. The number of fused-ring (bicyclic) bond motifs is 2. The largest absolute Gasteiger partial charge is 0.497 e. The van der Waals surface area contributed by atoms with E-state index in [0.717, 1.165) is 49.4 Å². The normalized spacial score (nSPS) is 14.0. The van der Waals surface area contributed by atoms with E-state index in [1.807, 2.05) is 28.8 Å². The number of nitrogens with zero attached hydrogens (tertiary/aromatic N) is 2. The number of amides is 1. The summed E-state index contributed by atoms with van der Waals surface area (Å²) < 4.78 is 7.02. The van der Waals surface area contributed by atoms with E-state index in [0.29, 0.717) is 23.0 Å². The van der Waals surface area contributed by atoms with Gasteiger partial charge in [-0.25, -0.2) is 4.98 Å². The number of carbonyl (C=O) groups is 1. The Morgan fingerprint density at radius 3 is 2.86 bits per heavy atom. The summed E-state index contributed by atoms with van der Waals surface area (Å²) in [6.07, 6.45) is 5.16. The van der Waals surface area contributed by atoms with E-state index in [1.54, 1.807) is 25.3 Å². The number of hydrogen-bond acceptors (Lipinski definition) is 4. The predicted molar refractivity (Wildman–Crippen MR) is 112 cm³/mol. The second kappa shape index (κ2) is 8.47. The number of nitrogens with one attached hydrogen (secondary N) is 1. The van der Waals surface area contributed by atoms with Crippen molar-refractivity contribution in [1.82, 2.24) is 14.9 Å². The lowest BCUT2D eigenvalue weighted by molar-refractivity contribution is 0.0951. The zero-order valence-electron chi connectivity index (χ0n) is 16.6. The maximum absolute atomic E-state index is 12.9. The summed E-state index contributed by atoms with van der Waals surface area (Å²) in [4.78, 5) is 30.3. The standard InChI is InChI=1S/C23H25N3O3/c1-29-18-8-6-7-16(13-18)15-24-22(27)17-10-11-19-20(14-17)25-21-9-4-2-3-5-12-26(21)23(19)28/h6-8,10-11,13-14H,2-5,9,12,15H2,1H3,(H,24,27). The summed E-state index contributed by atoms with van der Waals surface area (Å²) in [7, 11) is 1.62. The SMILES string of the molecule is COc1cccc(CNC(=O)c2ccc3c(=O)n4c(nc3c2)CCCCCC4)c1. The quantitative estimate of drug-likeness (QED) is 0.739. The zero-order valence-corrected chi connectivity index (χ0v) is 16.6. The lowest BCUT2D eigenvalue weighted by Crippen LogP contribution is -2.27. The lowest BCUT2D eigenvalue weighted by atomic mass is 10.1. The van der Waals surface area contributed by atoms with Crippen LogP contribution in [-0.2, 0) is 19.5 Å². The number of aryl methyl sites for hydroxylation is 1. The highest BCUT2D eigenvalue weighted by molar-refractivity contribution is 5.97. The third-order valence-electron chi connectivity index (χ3n) is 5.42. The van der Waals surface area contributed by atoms with Gasteiger partial charge < -0.3 is 10.1 Å². The fraction of sp³-hybridized carbons (Fsp3) is 0.348. The third-order valence-corrected chi connectivity index (χ3v) is 5.42. The van der Waals surface area contributed by atoms with Gasteiger partial charge in [0.25, 0.3) is 11.5 Å². The van der Waals surface area contributed by atoms with Crippen LogP contribution in [0.5, 0.6) is 5.75 Å². The molecule has 4 rings (SSSR count). The predicted octanol–water partition coefficient (Wildman–Crippen LogP) is 3.45. The molecule has 0 bridgehead atoms. The van der Waals surface area contributed by atoms with Crippen LogP contribution in [-0.4, -0.2) is 22.6 Å². The van der Waals surface area contributed by atoms with Gasteiger partial charge in [-0.3, -0.25) is 14.2 Å². The molecule has 1 aliphatic rings. The smallest absolute Gasteiger partial charge is 0.261 e. The Hall–Kier alpha value is -3.15. The maximum Gasteiger partial charge on any atom is 0.261 e. The maximum atomic E-state index is 12.9. The number of aromatic nitrogens is 2. The molecule has 6 nitrogen and oxygen atoms in total. The molecule has 6 heteroatoms. The van der Waals surface area contributed by atoms with E-state index in [-0.39, 0.29) is 11.5 Å². The Bertz CT molecular complexity index is 1100. The molecular formula is C23H25N3O3. The topological polar surface area (TPSA) is 73.2 Å². The molecule has 0 saturated heterocycles. The van der Waals surface area contributed by atoms with Gasteiger partial charge in [0, 0.05) is 25.1 Å². The van der Waals surface area contributed by atoms with Crippen LogP contribution in [0.2, 0.25) is 0 Å². The van der Waals surface area contributed by atoms with Crippen molar-refractivity contribution in [2.45, 2.75) is 45.2 Å². The van der Waals surface area contributed by atoms with Crippen LogP contribution in [0, 0.1) is 0 Å². The average Bonchev–Trinajstić information content (AvgIpc) is 2.73. The van der Waals surface area contributed by atoms with Crippen molar-refractivity contribution < 1.29 is 9.53 Å². The van der Waals surface area contributed by atoms with Crippen molar-refractivity contribution in [3.05, 3.63) is 69.8 Å². The minimum atomic E-state index is -0.191. The van der Waals surface area contributed by atoms with Gasteiger partial charge in [0.1, 0.15) is 11.6 Å². The lowest BCUT2D eigenvalue weighted by Gasteiger charge is -2.16. The van der Waals surface area contributed by atoms with Gasteiger partial charge in [0.05, 0.1) is 18.0 Å². The van der Waals surface area contributed by atoms with Gasteiger partial charge in [-0.2, -0.15) is 0 Å². The van der Waals surface area contributed by atoms with Crippen molar-refractivity contribution in [2.24, 2.45) is 0 Å². The number of benzene rings is 2. The molecule has 2 heterocycles. The van der Waals surface area contributed by atoms with Crippen molar-refractivity contribution in [2.75, 3.05) is 7.11 Å². The fourth-order valence-corrected chi connectivity index (χ4v) is 3.80. The number of ether oxygens (including phenoxy) is 1. The minimum absolute atomic E-state index is 0.00441. The molecule has 150 valence electrons. The molecule has 3 aromatic rings. The Morgan fingerprint density at radius 1 is 1.14 bits per heavy atom. The van der Waals surface area contributed by atoms with Gasteiger partial charge >= 0.3 is 0 Å². The molecule has 1 aromatic heterocycles. The molecule has 0 saturated carbocycles. The number of hydrogen-bond donors (Lipinski definition) is 1. The van der Waals surface area contributed by atoms with Gasteiger partial charge in [-0.1, -0.05) is 25.0 Å². The van der Waals surface area contributed by atoms with Crippen LogP contribution in [0.3, 0.4) is 0 Å². The molecule has 0 atom stereocenters. The summed E-state index contributed by atoms with van der Waals surface area (Å²) in [6, 6.07) is 12.7. The van der Waals surface area contributed by atoms with Crippen LogP contribution in [0.1, 0.15) is 47.4 Å². The van der Waals surface area contributed by atoms with Crippen molar-refractivity contribution in [3.8, 4) is 5.75 Å². The fourth-order valence-electron chi connectivity index (χ4n) is 3.80. The number of methoxy groups -OCH3 is 1. The molecular weight excluding hydrogens is 366 g/mol. The van der Waals surface area contributed by atoms with Crippen LogP contribution in [0.15, 0.2) is 47.3 Å². The minimum Gasteiger partial charge on any atom is -0.497 e. The van der Waals surface area contributed by atoms with Crippen LogP contribution >= 0.6 is 0 Å². The Labute approximate surface area is 169 Å². The molecule has 0 aliphatic carbocycles. The van der Waals surface area contributed by atoms with E-state index in [1.165, 1.54) is 6.42 Å². The van der Waals surface area contributed by atoms with Crippen molar-refractivity contribution in [1.29, 1.82) is 0 Å². The van der Waals surface area contributed by atoms with Crippen molar-refractivity contribution in [3.63, 3.8) is 0 Å². The molecule has 1 N–H and O–H groups in total. The van der Waals surface area contributed by atoms with E-state index < -0.39 is 0 Å². The highest BCUT2D eigenvalue weighted by Crippen LogP contribution is 2.17. The Kier molecular flexibility index (Phi) is 5.60. The van der Waals surface area contributed by atoms with E-state index in [2.05, 4.69) is 5.32 Å². The summed E-state index contributed by atoms with van der Waals surface area (Å²) in [5.74, 6) is 1.39. The Balaban J connectivity index is 1.58. The van der Waals surface area contributed by atoms with Gasteiger partial charge in [-0.15, -0.1) is 0 Å². The molecule has 1 aliphatic heterocycles. The second-order valence-corrected chi connectivity index (χ2v) is 7.42. The first-order valence-corrected chi connectivity index (χ1v) is 10.1. The first-order valence-electron chi connectivity index (χ1n) is 10.1. The number of carbonyl (C=O) groups excluding carboxylic acids is 1. The monoisotopic (exact) mass is 391 g/mol. The molecule has 0 unspecified atom stereocenters. The molecule has 29 heavy (non-hydrogen) atoms. The molecule has 0 radical (unpaired) electrons. The highest BCUT2D eigenvalue weighted by atomic mass is 16.5. The van der Waals surface area contributed by atoms with Gasteiger partial charge in [0.2, 0.25) is 0 Å². The van der Waals surface area contributed by atoms with Crippen LogP contribution in [0.25, 0.3) is 10.9 Å². The highest BCUT2D eigenvalue weighted by Gasteiger charge is 2.15. The van der Waals surface area contributed by atoms with Gasteiger partial charge in [-0.05, 0) is 48.7 Å². The molecule has 0 fully saturated rings.